The van der Waals surface area contributed by atoms with E-state index < -0.39 is 18.1 Å². The van der Waals surface area contributed by atoms with Crippen molar-refractivity contribution < 1.29 is 33.0 Å². The number of carboxylic acids is 2. The molecule has 0 spiro atoms. The van der Waals surface area contributed by atoms with E-state index in [-0.39, 0.29) is 5.92 Å². The number of carboxylic acid groups (broad SMARTS) is 2. The zero-order valence-electron chi connectivity index (χ0n) is 12.2. The number of halogens is 3. The molecule has 0 aliphatic carbocycles. The molecule has 130 valence electrons. The number of hydrogen-bond acceptors (Lipinski definition) is 6. The highest BCUT2D eigenvalue weighted by Crippen LogP contribution is 2.21. The van der Waals surface area contributed by atoms with Gasteiger partial charge in [0.25, 0.3) is 0 Å². The molecule has 11 heteroatoms. The van der Waals surface area contributed by atoms with Crippen LogP contribution in [0.15, 0.2) is 12.4 Å². The van der Waals surface area contributed by atoms with Gasteiger partial charge in [0.05, 0.1) is 5.92 Å². The van der Waals surface area contributed by atoms with Crippen molar-refractivity contribution >= 4 is 17.8 Å². The van der Waals surface area contributed by atoms with Crippen molar-refractivity contribution in [2.75, 3.05) is 18.0 Å². The Labute approximate surface area is 134 Å². The van der Waals surface area contributed by atoms with Crippen LogP contribution in [0.5, 0.6) is 0 Å². The molecule has 0 bridgehead atoms. The van der Waals surface area contributed by atoms with Crippen LogP contribution in [0, 0.1) is 17.2 Å². The molecule has 1 aliphatic rings. The summed E-state index contributed by atoms with van der Waals surface area (Å²) in [5.41, 5.74) is 0.329. The number of nitrogens with zero attached hydrogens (tertiary/aromatic N) is 4. The maximum atomic E-state index is 10.8. The summed E-state index contributed by atoms with van der Waals surface area (Å²) >= 11 is 0. The lowest BCUT2D eigenvalue weighted by Crippen LogP contribution is -2.36. The summed E-state index contributed by atoms with van der Waals surface area (Å²) in [6.45, 7) is 1.30. The highest BCUT2D eigenvalue weighted by atomic mass is 19.4. The van der Waals surface area contributed by atoms with Gasteiger partial charge < -0.3 is 15.1 Å². The number of piperidine rings is 1. The lowest BCUT2D eigenvalue weighted by atomic mass is 9.97. The minimum atomic E-state index is -5.08. The second-order valence-electron chi connectivity index (χ2n) is 4.78. The van der Waals surface area contributed by atoms with Crippen LogP contribution in [-0.2, 0) is 9.59 Å². The van der Waals surface area contributed by atoms with Gasteiger partial charge in [-0.15, -0.1) is 0 Å². The third-order valence-electron chi connectivity index (χ3n) is 3.18. The number of rotatable bonds is 2. The van der Waals surface area contributed by atoms with E-state index in [1.165, 1.54) is 6.33 Å². The van der Waals surface area contributed by atoms with Gasteiger partial charge in [0.1, 0.15) is 23.9 Å². The minimum absolute atomic E-state index is 0.261. The van der Waals surface area contributed by atoms with E-state index in [0.29, 0.717) is 37.4 Å². The van der Waals surface area contributed by atoms with Crippen LogP contribution in [0.1, 0.15) is 18.5 Å². The summed E-state index contributed by atoms with van der Waals surface area (Å²) in [5.74, 6) is -3.05. The number of alkyl halides is 3. The topological polar surface area (TPSA) is 127 Å². The summed E-state index contributed by atoms with van der Waals surface area (Å²) in [6.07, 6.45) is -2.50. The number of carbonyl (C=O) groups is 2. The number of anilines is 1. The van der Waals surface area contributed by atoms with Crippen molar-refractivity contribution in [1.82, 2.24) is 9.97 Å². The first-order valence-corrected chi connectivity index (χ1v) is 6.65. The molecular formula is C13H13F3N4O4. The minimum Gasteiger partial charge on any atom is -0.481 e. The Balaban J connectivity index is 0.000000351. The summed E-state index contributed by atoms with van der Waals surface area (Å²) in [5, 5.41) is 24.8. The van der Waals surface area contributed by atoms with E-state index in [0.717, 1.165) is 0 Å². The molecule has 8 nitrogen and oxygen atoms in total. The number of aliphatic carboxylic acids is 2. The van der Waals surface area contributed by atoms with E-state index in [2.05, 4.69) is 9.97 Å². The molecule has 0 atom stereocenters. The highest BCUT2D eigenvalue weighted by Gasteiger charge is 2.38. The maximum absolute atomic E-state index is 10.8. The Morgan fingerprint density at radius 1 is 1.25 bits per heavy atom. The predicted molar refractivity (Wildman–Crippen MR) is 73.0 cm³/mol. The van der Waals surface area contributed by atoms with Gasteiger partial charge in [0.2, 0.25) is 0 Å². The average molecular weight is 346 g/mol. The molecule has 0 aromatic carbocycles. The monoisotopic (exact) mass is 346 g/mol. The maximum Gasteiger partial charge on any atom is 0.490 e. The van der Waals surface area contributed by atoms with Crippen LogP contribution in [0.2, 0.25) is 0 Å². The Hall–Kier alpha value is -2.90. The van der Waals surface area contributed by atoms with Gasteiger partial charge in [-0.25, -0.2) is 14.8 Å². The molecule has 2 heterocycles. The molecule has 1 saturated heterocycles. The summed E-state index contributed by atoms with van der Waals surface area (Å²) in [4.78, 5) is 29.6. The van der Waals surface area contributed by atoms with Crippen LogP contribution < -0.4 is 4.90 Å². The van der Waals surface area contributed by atoms with Crippen LogP contribution in [0.3, 0.4) is 0 Å². The van der Waals surface area contributed by atoms with Gasteiger partial charge in [-0.1, -0.05) is 0 Å². The SMILES string of the molecule is N#Cc1cc(N2CCC(C(=O)O)CC2)ncn1.O=C(O)C(F)(F)F. The molecule has 24 heavy (non-hydrogen) atoms. The van der Waals surface area contributed by atoms with Crippen molar-refractivity contribution in [3.8, 4) is 6.07 Å². The molecule has 1 aromatic heterocycles. The number of aromatic nitrogens is 2. The Kier molecular flexibility index (Phi) is 6.46. The van der Waals surface area contributed by atoms with E-state index in [4.69, 9.17) is 20.3 Å². The van der Waals surface area contributed by atoms with Gasteiger partial charge >= 0.3 is 18.1 Å². The summed E-state index contributed by atoms with van der Waals surface area (Å²) < 4.78 is 31.7. The first-order valence-electron chi connectivity index (χ1n) is 6.65. The van der Waals surface area contributed by atoms with Gasteiger partial charge in [0.15, 0.2) is 0 Å². The molecule has 1 aromatic rings. The average Bonchev–Trinajstić information content (AvgIpc) is 2.54. The molecule has 0 amide bonds. The van der Waals surface area contributed by atoms with Crippen molar-refractivity contribution in [2.45, 2.75) is 19.0 Å². The molecule has 1 fully saturated rings. The normalized spacial score (nSPS) is 15.0. The van der Waals surface area contributed by atoms with Gasteiger partial charge in [0, 0.05) is 19.2 Å². The zero-order valence-corrected chi connectivity index (χ0v) is 12.2. The fourth-order valence-electron chi connectivity index (χ4n) is 1.94. The third-order valence-corrected chi connectivity index (χ3v) is 3.18. The Morgan fingerprint density at radius 3 is 2.21 bits per heavy atom. The quantitative estimate of drug-likeness (QED) is 0.820. The van der Waals surface area contributed by atoms with E-state index in [1.54, 1.807) is 6.07 Å². The van der Waals surface area contributed by atoms with Gasteiger partial charge in [-0.05, 0) is 12.8 Å². The molecule has 2 N–H and O–H groups in total. The zero-order chi connectivity index (χ0) is 18.3. The third kappa shape index (κ3) is 5.71. The number of hydrogen-bond donors (Lipinski definition) is 2. The Bertz CT molecular complexity index is 637. The smallest absolute Gasteiger partial charge is 0.481 e. The molecule has 2 rings (SSSR count). The second kappa shape index (κ2) is 8.09. The van der Waals surface area contributed by atoms with Crippen molar-refractivity contribution in [3.63, 3.8) is 0 Å². The largest absolute Gasteiger partial charge is 0.490 e. The van der Waals surface area contributed by atoms with Gasteiger partial charge in [-0.3, -0.25) is 4.79 Å². The van der Waals surface area contributed by atoms with Crippen molar-refractivity contribution in [3.05, 3.63) is 18.1 Å². The van der Waals surface area contributed by atoms with Crippen molar-refractivity contribution in [2.24, 2.45) is 5.92 Å². The molecule has 1 aliphatic heterocycles. The van der Waals surface area contributed by atoms with E-state index in [9.17, 15) is 18.0 Å². The lowest BCUT2D eigenvalue weighted by Gasteiger charge is -2.30. The first-order chi connectivity index (χ1) is 11.1. The standard InChI is InChI=1S/C11H12N4O2.C2HF3O2/c12-6-9-5-10(14-7-13-9)15-3-1-8(2-4-15)11(16)17;3-2(4,5)1(6)7/h5,7-8H,1-4H2,(H,16,17);(H,6,7). The summed E-state index contributed by atoms with van der Waals surface area (Å²) in [6, 6.07) is 3.59. The number of nitriles is 1. The molecule has 0 unspecified atom stereocenters. The van der Waals surface area contributed by atoms with Crippen molar-refractivity contribution in [1.29, 1.82) is 5.26 Å². The summed E-state index contributed by atoms with van der Waals surface area (Å²) in [7, 11) is 0. The van der Waals surface area contributed by atoms with Crippen LogP contribution in [-0.4, -0.2) is 51.4 Å². The Morgan fingerprint density at radius 2 is 1.79 bits per heavy atom. The van der Waals surface area contributed by atoms with Crippen LogP contribution >= 0.6 is 0 Å². The molecule has 0 radical (unpaired) electrons. The van der Waals surface area contributed by atoms with Crippen LogP contribution in [0.25, 0.3) is 0 Å². The van der Waals surface area contributed by atoms with Crippen LogP contribution in [0.4, 0.5) is 19.0 Å². The molecular weight excluding hydrogens is 333 g/mol. The fraction of sp³-hybridized carbons (Fsp3) is 0.462. The fourth-order valence-corrected chi connectivity index (χ4v) is 1.94. The highest BCUT2D eigenvalue weighted by molar-refractivity contribution is 5.73. The first kappa shape index (κ1) is 19.1. The second-order valence-corrected chi connectivity index (χ2v) is 4.78. The van der Waals surface area contributed by atoms with Gasteiger partial charge in [-0.2, -0.15) is 18.4 Å². The lowest BCUT2D eigenvalue weighted by molar-refractivity contribution is -0.192. The molecule has 0 saturated carbocycles. The van der Waals surface area contributed by atoms with E-state index in [1.807, 2.05) is 11.0 Å². The van der Waals surface area contributed by atoms with E-state index >= 15 is 0 Å². The predicted octanol–water partition coefficient (Wildman–Crippen LogP) is 1.28.